The van der Waals surface area contributed by atoms with E-state index >= 15 is 0 Å². The minimum absolute atomic E-state index is 0.225. The summed E-state index contributed by atoms with van der Waals surface area (Å²) in [7, 11) is -3.28. The van der Waals surface area contributed by atoms with Gasteiger partial charge in [0.1, 0.15) is 11.6 Å². The van der Waals surface area contributed by atoms with Crippen LogP contribution in [0.3, 0.4) is 0 Å². The molecule has 2 aliphatic heterocycles. The standard InChI is InChI=1S/C27H33F2N5O3S/c1-38(36,37)33-15-13-32(14-16-33)26-27(35)34(23-10-8-21(29)9-11-23)18-22(31-26)3-2-12-30-25-17-24(25)19-4-6-20(28)7-5-19/h4-11,18,24-25,27,30,35H,2-3,12-17H2,1H3/t24-,25+,27?/m0/s1. The van der Waals surface area contributed by atoms with Crippen molar-refractivity contribution in [3.63, 3.8) is 0 Å². The lowest BCUT2D eigenvalue weighted by atomic mass is 10.1. The first kappa shape index (κ1) is 26.7. The lowest BCUT2D eigenvalue weighted by molar-refractivity contribution is 0.199. The molecule has 1 unspecified atom stereocenters. The molecule has 0 spiro atoms. The molecule has 2 aromatic carbocycles. The van der Waals surface area contributed by atoms with E-state index in [0.717, 1.165) is 30.6 Å². The van der Waals surface area contributed by atoms with E-state index in [9.17, 15) is 22.3 Å². The first-order chi connectivity index (χ1) is 18.2. The third-order valence-corrected chi connectivity index (χ3v) is 8.61. The van der Waals surface area contributed by atoms with Crippen LogP contribution in [0.1, 0.15) is 30.7 Å². The maximum atomic E-state index is 13.6. The predicted octanol–water partition coefficient (Wildman–Crippen LogP) is 2.85. The average molecular weight is 546 g/mol. The molecule has 1 saturated carbocycles. The van der Waals surface area contributed by atoms with Crippen LogP contribution < -0.4 is 10.2 Å². The number of amidine groups is 1. The Morgan fingerprint density at radius 2 is 1.63 bits per heavy atom. The molecule has 2 N–H and O–H groups in total. The molecule has 5 rings (SSSR count). The van der Waals surface area contributed by atoms with Gasteiger partial charge < -0.3 is 20.2 Å². The van der Waals surface area contributed by atoms with E-state index < -0.39 is 16.3 Å². The van der Waals surface area contributed by atoms with Crippen LogP contribution in [0, 0.1) is 11.6 Å². The Morgan fingerprint density at radius 1 is 1.00 bits per heavy atom. The van der Waals surface area contributed by atoms with Gasteiger partial charge in [0.25, 0.3) is 0 Å². The van der Waals surface area contributed by atoms with Crippen molar-refractivity contribution in [2.45, 2.75) is 37.5 Å². The van der Waals surface area contributed by atoms with E-state index in [4.69, 9.17) is 4.99 Å². The Morgan fingerprint density at radius 3 is 2.26 bits per heavy atom. The third-order valence-electron chi connectivity index (χ3n) is 7.30. The van der Waals surface area contributed by atoms with Crippen molar-refractivity contribution in [1.29, 1.82) is 0 Å². The fourth-order valence-electron chi connectivity index (χ4n) is 5.08. The normalized spacial score (nSPS) is 24.3. The fraction of sp³-hybridized carbons (Fsp3) is 0.444. The van der Waals surface area contributed by atoms with Crippen LogP contribution in [0.4, 0.5) is 14.5 Å². The number of hydrogen-bond donors (Lipinski definition) is 2. The van der Waals surface area contributed by atoms with Crippen LogP contribution in [0.2, 0.25) is 0 Å². The summed E-state index contributed by atoms with van der Waals surface area (Å²) in [5, 5.41) is 14.8. The molecular weight excluding hydrogens is 512 g/mol. The Hall–Kier alpha value is -2.86. The second kappa shape index (κ2) is 11.1. The van der Waals surface area contributed by atoms with Crippen molar-refractivity contribution >= 4 is 21.5 Å². The molecule has 2 aromatic rings. The lowest BCUT2D eigenvalue weighted by Gasteiger charge is -2.40. The monoisotopic (exact) mass is 545 g/mol. The zero-order valence-corrected chi connectivity index (χ0v) is 22.1. The van der Waals surface area contributed by atoms with Gasteiger partial charge in [-0.25, -0.2) is 22.2 Å². The van der Waals surface area contributed by atoms with Gasteiger partial charge in [-0.2, -0.15) is 4.31 Å². The molecule has 0 radical (unpaired) electrons. The number of benzene rings is 2. The van der Waals surface area contributed by atoms with Crippen molar-refractivity contribution < 1.29 is 22.3 Å². The molecular formula is C27H33F2N5O3S. The van der Waals surface area contributed by atoms with Crippen molar-refractivity contribution in [1.82, 2.24) is 14.5 Å². The fourth-order valence-corrected chi connectivity index (χ4v) is 5.90. The number of halogens is 2. The van der Waals surface area contributed by atoms with Gasteiger partial charge in [0.05, 0.1) is 12.0 Å². The van der Waals surface area contributed by atoms with Crippen molar-refractivity contribution in [2.75, 3.05) is 43.9 Å². The van der Waals surface area contributed by atoms with E-state index in [1.807, 2.05) is 17.0 Å². The second-order valence-electron chi connectivity index (χ2n) is 10.1. The highest BCUT2D eigenvalue weighted by Gasteiger charge is 2.37. The van der Waals surface area contributed by atoms with Gasteiger partial charge in [-0.05, 0) is 67.8 Å². The number of piperazine rings is 1. The number of rotatable bonds is 8. The predicted molar refractivity (Wildman–Crippen MR) is 143 cm³/mol. The summed E-state index contributed by atoms with van der Waals surface area (Å²) in [5.41, 5.74) is 2.57. The van der Waals surface area contributed by atoms with E-state index in [-0.39, 0.29) is 11.6 Å². The van der Waals surface area contributed by atoms with Gasteiger partial charge in [0.15, 0.2) is 12.1 Å². The number of sulfonamides is 1. The Kier molecular flexibility index (Phi) is 7.80. The number of nitrogens with zero attached hydrogens (tertiary/aromatic N) is 4. The first-order valence-corrected chi connectivity index (χ1v) is 14.7. The van der Waals surface area contributed by atoms with Crippen molar-refractivity contribution in [2.24, 2.45) is 4.99 Å². The number of aliphatic imine (C=N–C) groups is 1. The van der Waals surface area contributed by atoms with Gasteiger partial charge >= 0.3 is 0 Å². The highest BCUT2D eigenvalue weighted by Crippen LogP contribution is 2.40. The zero-order chi connectivity index (χ0) is 26.9. The van der Waals surface area contributed by atoms with Crippen LogP contribution in [0.15, 0.2) is 65.4 Å². The summed E-state index contributed by atoms with van der Waals surface area (Å²) >= 11 is 0. The summed E-state index contributed by atoms with van der Waals surface area (Å²) < 4.78 is 52.0. The van der Waals surface area contributed by atoms with E-state index in [1.165, 1.54) is 34.8 Å². The smallest absolute Gasteiger partial charge is 0.211 e. The quantitative estimate of drug-likeness (QED) is 0.496. The summed E-state index contributed by atoms with van der Waals surface area (Å²) in [6.07, 6.45) is 4.44. The average Bonchev–Trinajstić information content (AvgIpc) is 3.67. The molecule has 2 heterocycles. The summed E-state index contributed by atoms with van der Waals surface area (Å²) in [6.45, 7) is 2.26. The molecule has 3 aliphatic rings. The lowest BCUT2D eigenvalue weighted by Crippen LogP contribution is -2.56. The van der Waals surface area contributed by atoms with Crippen molar-refractivity contribution in [3.05, 3.63) is 77.6 Å². The van der Waals surface area contributed by atoms with E-state index in [2.05, 4.69) is 5.32 Å². The molecule has 1 saturated heterocycles. The molecule has 38 heavy (non-hydrogen) atoms. The molecule has 11 heteroatoms. The minimum atomic E-state index is -3.28. The van der Waals surface area contributed by atoms with E-state index in [1.54, 1.807) is 23.2 Å². The van der Waals surface area contributed by atoms with Crippen molar-refractivity contribution in [3.8, 4) is 0 Å². The Bertz CT molecular complexity index is 1290. The largest absolute Gasteiger partial charge is 0.366 e. The zero-order valence-electron chi connectivity index (χ0n) is 21.3. The number of aliphatic hydroxyl groups excluding tert-OH is 1. The molecule has 0 bridgehead atoms. The maximum Gasteiger partial charge on any atom is 0.211 e. The number of allylic oxidation sites excluding steroid dienone is 1. The Balaban J connectivity index is 1.23. The highest BCUT2D eigenvalue weighted by atomic mass is 32.2. The number of anilines is 1. The minimum Gasteiger partial charge on any atom is -0.366 e. The molecule has 3 atom stereocenters. The molecule has 0 amide bonds. The van der Waals surface area contributed by atoms with Gasteiger partial charge in [-0.1, -0.05) is 12.1 Å². The van der Waals surface area contributed by atoms with Crippen LogP contribution in [0.25, 0.3) is 0 Å². The molecule has 204 valence electrons. The molecule has 2 fully saturated rings. The molecule has 8 nitrogen and oxygen atoms in total. The Labute approximate surface area is 222 Å². The SMILES string of the molecule is CS(=O)(=O)N1CCN(C2=NC(CCCN[C@@H]3C[C@H]3c3ccc(F)cc3)=CN(c3ccc(F)cc3)C2O)CC1. The molecule has 0 aromatic heterocycles. The summed E-state index contributed by atoms with van der Waals surface area (Å²) in [6, 6.07) is 13.0. The first-order valence-electron chi connectivity index (χ1n) is 12.9. The van der Waals surface area contributed by atoms with Crippen LogP contribution in [0.5, 0.6) is 0 Å². The summed E-state index contributed by atoms with van der Waals surface area (Å²) in [5.74, 6) is 0.285. The number of hydrogen-bond acceptors (Lipinski definition) is 7. The number of nitrogens with one attached hydrogen (secondary N) is 1. The highest BCUT2D eigenvalue weighted by molar-refractivity contribution is 7.88. The number of aliphatic hydroxyl groups is 1. The summed E-state index contributed by atoms with van der Waals surface area (Å²) in [4.78, 5) is 8.38. The van der Waals surface area contributed by atoms with Gasteiger partial charge in [-0.15, -0.1) is 0 Å². The van der Waals surface area contributed by atoms with Crippen LogP contribution in [-0.4, -0.2) is 79.8 Å². The van der Waals surface area contributed by atoms with Crippen LogP contribution >= 0.6 is 0 Å². The van der Waals surface area contributed by atoms with Gasteiger partial charge in [-0.3, -0.25) is 0 Å². The topological polar surface area (TPSA) is 88.5 Å². The van der Waals surface area contributed by atoms with Gasteiger partial charge in [0, 0.05) is 50.0 Å². The molecule has 1 aliphatic carbocycles. The van der Waals surface area contributed by atoms with Crippen LogP contribution in [-0.2, 0) is 10.0 Å². The van der Waals surface area contributed by atoms with Gasteiger partial charge in [0.2, 0.25) is 10.0 Å². The van der Waals surface area contributed by atoms with E-state index in [0.29, 0.717) is 56.1 Å². The third kappa shape index (κ3) is 6.23. The second-order valence-corrected chi connectivity index (χ2v) is 12.0. The maximum absolute atomic E-state index is 13.6.